The van der Waals surface area contributed by atoms with Crippen LogP contribution >= 0.6 is 11.8 Å². The van der Waals surface area contributed by atoms with Crippen LogP contribution in [0.1, 0.15) is 19.8 Å². The van der Waals surface area contributed by atoms with Crippen LogP contribution < -0.4 is 5.73 Å². The Balaban J connectivity index is 2.29. The lowest BCUT2D eigenvalue weighted by molar-refractivity contribution is 0.209. The summed E-state index contributed by atoms with van der Waals surface area (Å²) in [4.78, 5) is 2.56. The first-order valence-electron chi connectivity index (χ1n) is 4.90. The molecule has 0 aromatic rings. The van der Waals surface area contributed by atoms with Crippen molar-refractivity contribution in [3.63, 3.8) is 0 Å². The summed E-state index contributed by atoms with van der Waals surface area (Å²) in [6.07, 6.45) is 2.52. The molecule has 0 amide bonds. The van der Waals surface area contributed by atoms with Crippen molar-refractivity contribution in [3.05, 3.63) is 0 Å². The highest BCUT2D eigenvalue weighted by molar-refractivity contribution is 7.99. The molecule has 0 spiro atoms. The van der Waals surface area contributed by atoms with Crippen molar-refractivity contribution in [2.45, 2.75) is 25.8 Å². The standard InChI is InChI=1S/C9H20N2S/c1-2-3-9(8-10)11-4-6-12-7-5-11/h9H,2-8,10H2,1H3. The molecule has 2 nitrogen and oxygen atoms in total. The van der Waals surface area contributed by atoms with E-state index in [1.165, 1.54) is 37.4 Å². The highest BCUT2D eigenvalue weighted by Gasteiger charge is 2.18. The van der Waals surface area contributed by atoms with Gasteiger partial charge in [0, 0.05) is 37.2 Å². The highest BCUT2D eigenvalue weighted by atomic mass is 32.2. The number of rotatable bonds is 4. The summed E-state index contributed by atoms with van der Waals surface area (Å²) in [7, 11) is 0. The predicted octanol–water partition coefficient (Wildman–Crippen LogP) is 1.16. The number of hydrogen-bond acceptors (Lipinski definition) is 3. The van der Waals surface area contributed by atoms with E-state index in [0.29, 0.717) is 6.04 Å². The molecule has 0 saturated carbocycles. The second-order valence-corrected chi connectivity index (χ2v) is 4.55. The van der Waals surface area contributed by atoms with Gasteiger partial charge in [0.05, 0.1) is 0 Å². The Hall–Kier alpha value is 0.270. The second-order valence-electron chi connectivity index (χ2n) is 3.33. The van der Waals surface area contributed by atoms with Crippen molar-refractivity contribution >= 4 is 11.8 Å². The van der Waals surface area contributed by atoms with Gasteiger partial charge in [-0.25, -0.2) is 0 Å². The van der Waals surface area contributed by atoms with E-state index < -0.39 is 0 Å². The molecular formula is C9H20N2S. The first-order valence-corrected chi connectivity index (χ1v) is 6.05. The van der Waals surface area contributed by atoms with Gasteiger partial charge in [-0.1, -0.05) is 13.3 Å². The first-order chi connectivity index (χ1) is 5.88. The van der Waals surface area contributed by atoms with Crippen LogP contribution in [-0.4, -0.2) is 42.1 Å². The number of hydrogen-bond donors (Lipinski definition) is 1. The quantitative estimate of drug-likeness (QED) is 0.718. The van der Waals surface area contributed by atoms with E-state index in [-0.39, 0.29) is 0 Å². The zero-order chi connectivity index (χ0) is 8.81. The first kappa shape index (κ1) is 10.4. The minimum absolute atomic E-state index is 0.649. The zero-order valence-corrected chi connectivity index (χ0v) is 8.78. The SMILES string of the molecule is CCCC(CN)N1CCSCC1. The summed E-state index contributed by atoms with van der Waals surface area (Å²) >= 11 is 2.06. The number of thioether (sulfide) groups is 1. The van der Waals surface area contributed by atoms with Gasteiger partial charge >= 0.3 is 0 Å². The van der Waals surface area contributed by atoms with Gasteiger partial charge in [-0.3, -0.25) is 4.90 Å². The molecule has 3 heteroatoms. The summed E-state index contributed by atoms with van der Waals surface area (Å²) in [5.41, 5.74) is 5.74. The van der Waals surface area contributed by atoms with Gasteiger partial charge in [-0.2, -0.15) is 11.8 Å². The molecule has 1 aliphatic rings. The second kappa shape index (κ2) is 5.84. The average Bonchev–Trinajstić information content (AvgIpc) is 2.15. The molecule has 1 saturated heterocycles. The van der Waals surface area contributed by atoms with E-state index in [2.05, 4.69) is 23.6 Å². The monoisotopic (exact) mass is 188 g/mol. The predicted molar refractivity (Wildman–Crippen MR) is 56.6 cm³/mol. The van der Waals surface area contributed by atoms with Crippen LogP contribution in [-0.2, 0) is 0 Å². The minimum atomic E-state index is 0.649. The molecule has 0 radical (unpaired) electrons. The molecule has 0 bridgehead atoms. The van der Waals surface area contributed by atoms with Gasteiger partial charge in [-0.15, -0.1) is 0 Å². The molecule has 12 heavy (non-hydrogen) atoms. The maximum atomic E-state index is 5.74. The van der Waals surface area contributed by atoms with Crippen LogP contribution in [0.25, 0.3) is 0 Å². The molecule has 1 unspecified atom stereocenters. The molecule has 0 aromatic heterocycles. The summed E-state index contributed by atoms with van der Waals surface area (Å²) in [6, 6.07) is 0.649. The van der Waals surface area contributed by atoms with E-state index in [4.69, 9.17) is 5.73 Å². The van der Waals surface area contributed by atoms with E-state index >= 15 is 0 Å². The molecule has 0 aromatic carbocycles. The normalized spacial score (nSPS) is 22.5. The molecule has 2 N–H and O–H groups in total. The van der Waals surface area contributed by atoms with Crippen molar-refractivity contribution < 1.29 is 0 Å². The van der Waals surface area contributed by atoms with Crippen LogP contribution in [0.4, 0.5) is 0 Å². The zero-order valence-electron chi connectivity index (χ0n) is 7.96. The Bertz CT molecular complexity index is 110. The molecular weight excluding hydrogens is 168 g/mol. The Kier molecular flexibility index (Phi) is 5.04. The molecule has 1 fully saturated rings. The summed E-state index contributed by atoms with van der Waals surface area (Å²) in [6.45, 7) is 5.55. The Morgan fingerprint density at radius 2 is 2.08 bits per heavy atom. The maximum Gasteiger partial charge on any atom is 0.0218 e. The van der Waals surface area contributed by atoms with Crippen LogP contribution in [0.15, 0.2) is 0 Å². The topological polar surface area (TPSA) is 29.3 Å². The smallest absolute Gasteiger partial charge is 0.0218 e. The van der Waals surface area contributed by atoms with Gasteiger partial charge in [-0.05, 0) is 6.42 Å². The van der Waals surface area contributed by atoms with Gasteiger partial charge in [0.25, 0.3) is 0 Å². The fraction of sp³-hybridized carbons (Fsp3) is 1.00. The summed E-state index contributed by atoms with van der Waals surface area (Å²) in [5, 5.41) is 0. The van der Waals surface area contributed by atoms with E-state index in [1.807, 2.05) is 0 Å². The molecule has 72 valence electrons. The Morgan fingerprint density at radius 1 is 1.42 bits per heavy atom. The van der Waals surface area contributed by atoms with E-state index in [1.54, 1.807) is 0 Å². The molecule has 1 atom stereocenters. The molecule has 1 aliphatic heterocycles. The fourth-order valence-electron chi connectivity index (χ4n) is 1.73. The van der Waals surface area contributed by atoms with E-state index in [9.17, 15) is 0 Å². The molecule has 1 rings (SSSR count). The Morgan fingerprint density at radius 3 is 2.58 bits per heavy atom. The summed E-state index contributed by atoms with van der Waals surface area (Å²) in [5.74, 6) is 2.58. The largest absolute Gasteiger partial charge is 0.329 e. The Labute approximate surface area is 79.9 Å². The summed E-state index contributed by atoms with van der Waals surface area (Å²) < 4.78 is 0. The van der Waals surface area contributed by atoms with Crippen molar-refractivity contribution in [1.29, 1.82) is 0 Å². The van der Waals surface area contributed by atoms with Crippen LogP contribution in [0.2, 0.25) is 0 Å². The third kappa shape index (κ3) is 2.96. The number of nitrogens with two attached hydrogens (primary N) is 1. The van der Waals surface area contributed by atoms with Gasteiger partial charge in [0.1, 0.15) is 0 Å². The van der Waals surface area contributed by atoms with E-state index in [0.717, 1.165) is 6.54 Å². The van der Waals surface area contributed by atoms with Crippen LogP contribution in [0.3, 0.4) is 0 Å². The number of nitrogens with zero attached hydrogens (tertiary/aromatic N) is 1. The van der Waals surface area contributed by atoms with Gasteiger partial charge < -0.3 is 5.73 Å². The van der Waals surface area contributed by atoms with Crippen LogP contribution in [0.5, 0.6) is 0 Å². The molecule has 0 aliphatic carbocycles. The van der Waals surface area contributed by atoms with Gasteiger partial charge in [0.2, 0.25) is 0 Å². The molecule has 1 heterocycles. The van der Waals surface area contributed by atoms with Crippen molar-refractivity contribution in [1.82, 2.24) is 4.90 Å². The van der Waals surface area contributed by atoms with Crippen molar-refractivity contribution in [3.8, 4) is 0 Å². The maximum absolute atomic E-state index is 5.74. The fourth-order valence-corrected chi connectivity index (χ4v) is 2.66. The van der Waals surface area contributed by atoms with Crippen molar-refractivity contribution in [2.75, 3.05) is 31.1 Å². The van der Waals surface area contributed by atoms with Gasteiger partial charge in [0.15, 0.2) is 0 Å². The third-order valence-electron chi connectivity index (χ3n) is 2.46. The highest BCUT2D eigenvalue weighted by Crippen LogP contribution is 2.14. The lowest BCUT2D eigenvalue weighted by Gasteiger charge is -2.33. The lowest BCUT2D eigenvalue weighted by atomic mass is 10.1. The lowest BCUT2D eigenvalue weighted by Crippen LogP contribution is -2.44. The third-order valence-corrected chi connectivity index (χ3v) is 3.40. The minimum Gasteiger partial charge on any atom is -0.329 e. The van der Waals surface area contributed by atoms with Crippen molar-refractivity contribution in [2.24, 2.45) is 5.73 Å². The average molecular weight is 188 g/mol. The van der Waals surface area contributed by atoms with Crippen LogP contribution in [0, 0.1) is 0 Å².